The molecule has 0 saturated heterocycles. The van der Waals surface area contributed by atoms with Crippen LogP contribution in [0.25, 0.3) is 5.65 Å². The van der Waals surface area contributed by atoms with E-state index in [0.29, 0.717) is 0 Å². The fourth-order valence-corrected chi connectivity index (χ4v) is 2.11. The van der Waals surface area contributed by atoms with E-state index < -0.39 is 17.5 Å². The molecule has 5 N–H and O–H groups in total. The number of nitrogen functional groups attached to an aromatic ring is 1. The van der Waals surface area contributed by atoms with Gasteiger partial charge in [0.1, 0.15) is 6.33 Å². The Balaban J connectivity index is 2.00. The maximum atomic E-state index is 12.4. The molecule has 122 valence electrons. The number of hydrogen-bond acceptors (Lipinski definition) is 7. The van der Waals surface area contributed by atoms with E-state index in [1.54, 1.807) is 0 Å². The molecule has 0 atom stereocenters. The molecule has 3 rings (SSSR count). The topological polar surface area (TPSA) is 163 Å². The largest absolute Gasteiger partial charge is 0.396 e. The molecule has 2 heterocycles. The van der Waals surface area contributed by atoms with E-state index in [4.69, 9.17) is 11.5 Å². The summed E-state index contributed by atoms with van der Waals surface area (Å²) in [6.07, 6.45) is 1.17. The van der Waals surface area contributed by atoms with Gasteiger partial charge in [0.15, 0.2) is 11.3 Å². The molecule has 0 aliphatic rings. The van der Waals surface area contributed by atoms with Gasteiger partial charge in [0.2, 0.25) is 0 Å². The van der Waals surface area contributed by atoms with Crippen LogP contribution in [-0.4, -0.2) is 36.2 Å². The third-order valence-electron chi connectivity index (χ3n) is 3.33. The number of primary amides is 1. The van der Waals surface area contributed by atoms with E-state index in [1.165, 1.54) is 31.6 Å². The van der Waals surface area contributed by atoms with Crippen LogP contribution >= 0.6 is 0 Å². The van der Waals surface area contributed by atoms with Crippen LogP contribution in [0.2, 0.25) is 0 Å². The lowest BCUT2D eigenvalue weighted by molar-refractivity contribution is 0.0996. The van der Waals surface area contributed by atoms with Gasteiger partial charge in [-0.3, -0.25) is 9.59 Å². The van der Waals surface area contributed by atoms with Crippen LogP contribution in [0, 0.1) is 0 Å². The van der Waals surface area contributed by atoms with Gasteiger partial charge >= 0.3 is 5.69 Å². The number of anilines is 2. The molecule has 1 aromatic carbocycles. The summed E-state index contributed by atoms with van der Waals surface area (Å²) in [4.78, 5) is 39.4. The maximum Gasteiger partial charge on any atom is 0.352 e. The van der Waals surface area contributed by atoms with Gasteiger partial charge in [-0.15, -0.1) is 5.10 Å². The first-order valence-corrected chi connectivity index (χ1v) is 6.67. The Kier molecular flexibility index (Phi) is 3.45. The zero-order chi connectivity index (χ0) is 17.4. The van der Waals surface area contributed by atoms with Gasteiger partial charge in [-0.05, 0) is 12.1 Å². The van der Waals surface area contributed by atoms with Crippen LogP contribution in [0.1, 0.15) is 20.8 Å². The fourth-order valence-electron chi connectivity index (χ4n) is 2.11. The van der Waals surface area contributed by atoms with Crippen molar-refractivity contribution in [3.63, 3.8) is 0 Å². The van der Waals surface area contributed by atoms with Crippen molar-refractivity contribution in [1.29, 1.82) is 0 Å². The Morgan fingerprint density at radius 3 is 2.75 bits per heavy atom. The molecule has 0 spiro atoms. The van der Waals surface area contributed by atoms with E-state index in [1.807, 2.05) is 0 Å². The number of rotatable bonds is 3. The van der Waals surface area contributed by atoms with Gasteiger partial charge in [0, 0.05) is 7.05 Å². The molecule has 11 heteroatoms. The quantitative estimate of drug-likeness (QED) is 0.506. The van der Waals surface area contributed by atoms with Gasteiger partial charge in [0.05, 0.1) is 16.9 Å². The van der Waals surface area contributed by atoms with Crippen LogP contribution in [-0.2, 0) is 7.05 Å². The van der Waals surface area contributed by atoms with Crippen LogP contribution in [0.3, 0.4) is 0 Å². The van der Waals surface area contributed by atoms with E-state index in [2.05, 4.69) is 20.6 Å². The number of carbonyl (C=O) groups is 2. The minimum atomic E-state index is -0.717. The molecule has 24 heavy (non-hydrogen) atoms. The highest BCUT2D eigenvalue weighted by atomic mass is 16.2. The Bertz CT molecular complexity index is 1040. The van der Waals surface area contributed by atoms with Gasteiger partial charge in [0.25, 0.3) is 11.8 Å². The highest BCUT2D eigenvalue weighted by molar-refractivity contribution is 6.10. The number of carbonyl (C=O) groups excluding carboxylic acids is 2. The molecule has 0 aliphatic carbocycles. The van der Waals surface area contributed by atoms with Crippen LogP contribution < -0.4 is 22.5 Å². The molecule has 0 saturated carbocycles. The summed E-state index contributed by atoms with van der Waals surface area (Å²) in [5.74, 6) is -1.38. The second-order valence-electron chi connectivity index (χ2n) is 4.87. The number of nitrogens with two attached hydrogens (primary N) is 2. The molecule has 0 radical (unpaired) electrons. The van der Waals surface area contributed by atoms with E-state index in [-0.39, 0.29) is 28.3 Å². The van der Waals surface area contributed by atoms with Crippen molar-refractivity contribution in [3.05, 3.63) is 46.3 Å². The van der Waals surface area contributed by atoms with Crippen molar-refractivity contribution in [2.75, 3.05) is 11.1 Å². The molecule has 3 aromatic rings. The van der Waals surface area contributed by atoms with Crippen molar-refractivity contribution in [2.45, 2.75) is 0 Å². The SMILES string of the molecule is Cn1nnc2c(C(=O)Nc3cccc(C(N)=O)c3N)ncn2c1=O. The third kappa shape index (κ3) is 2.33. The minimum Gasteiger partial charge on any atom is -0.396 e. The van der Waals surface area contributed by atoms with Crippen molar-refractivity contribution in [1.82, 2.24) is 24.4 Å². The predicted molar refractivity (Wildman–Crippen MR) is 83.3 cm³/mol. The first kappa shape index (κ1) is 15.1. The first-order valence-electron chi connectivity index (χ1n) is 6.67. The molecule has 2 amide bonds. The van der Waals surface area contributed by atoms with Crippen molar-refractivity contribution in [2.24, 2.45) is 12.8 Å². The Hall–Kier alpha value is -3.76. The number of para-hydroxylation sites is 1. The summed E-state index contributed by atoms with van der Waals surface area (Å²) in [6.45, 7) is 0. The van der Waals surface area contributed by atoms with E-state index in [9.17, 15) is 14.4 Å². The number of fused-ring (bicyclic) bond motifs is 1. The maximum absolute atomic E-state index is 12.4. The highest BCUT2D eigenvalue weighted by Crippen LogP contribution is 2.23. The molecular weight excluding hydrogens is 316 g/mol. The summed E-state index contributed by atoms with van der Waals surface area (Å²) in [5, 5.41) is 9.90. The van der Waals surface area contributed by atoms with Gasteiger partial charge < -0.3 is 16.8 Å². The molecular formula is C13H12N8O3. The smallest absolute Gasteiger partial charge is 0.352 e. The van der Waals surface area contributed by atoms with Crippen molar-refractivity contribution >= 4 is 28.8 Å². The van der Waals surface area contributed by atoms with Crippen molar-refractivity contribution < 1.29 is 9.59 Å². The standard InChI is InChI=1S/C13H12N8O3/c1-20-13(24)21-5-16-9(11(21)18-19-20)12(23)17-7-4-2-3-6(8(7)14)10(15)22/h2-5H,14H2,1H3,(H2,15,22)(H,17,23). The predicted octanol–water partition coefficient (Wildman–Crippen LogP) is -1.24. The molecule has 0 aliphatic heterocycles. The molecule has 2 aromatic heterocycles. The number of aromatic nitrogens is 5. The fraction of sp³-hybridized carbons (Fsp3) is 0.0769. The van der Waals surface area contributed by atoms with Gasteiger partial charge in [-0.25, -0.2) is 14.2 Å². The lowest BCUT2D eigenvalue weighted by Crippen LogP contribution is -2.27. The number of imidazole rings is 1. The number of nitrogens with one attached hydrogen (secondary N) is 1. The van der Waals surface area contributed by atoms with E-state index in [0.717, 1.165) is 9.08 Å². The second-order valence-corrected chi connectivity index (χ2v) is 4.87. The first-order chi connectivity index (χ1) is 11.4. The average molecular weight is 328 g/mol. The number of hydrogen-bond donors (Lipinski definition) is 3. The number of nitrogens with zero attached hydrogens (tertiary/aromatic N) is 5. The lowest BCUT2D eigenvalue weighted by atomic mass is 10.1. The number of aryl methyl sites for hydroxylation is 1. The van der Waals surface area contributed by atoms with E-state index >= 15 is 0 Å². The third-order valence-corrected chi connectivity index (χ3v) is 3.33. The number of amides is 2. The lowest BCUT2D eigenvalue weighted by Gasteiger charge is -2.09. The highest BCUT2D eigenvalue weighted by Gasteiger charge is 2.19. The Morgan fingerprint density at radius 2 is 2.04 bits per heavy atom. The van der Waals surface area contributed by atoms with Gasteiger partial charge in [-0.2, -0.15) is 4.68 Å². The monoisotopic (exact) mass is 328 g/mol. The zero-order valence-electron chi connectivity index (χ0n) is 12.4. The summed E-state index contributed by atoms with van der Waals surface area (Å²) >= 11 is 0. The van der Waals surface area contributed by atoms with Crippen LogP contribution in [0.15, 0.2) is 29.3 Å². The molecule has 0 unspecified atom stereocenters. The normalized spacial score (nSPS) is 10.7. The average Bonchev–Trinajstić information content (AvgIpc) is 2.97. The molecule has 0 fully saturated rings. The van der Waals surface area contributed by atoms with Gasteiger partial charge in [-0.1, -0.05) is 11.3 Å². The van der Waals surface area contributed by atoms with Crippen LogP contribution in [0.5, 0.6) is 0 Å². The summed E-state index contributed by atoms with van der Waals surface area (Å²) in [7, 11) is 1.42. The number of benzene rings is 1. The zero-order valence-corrected chi connectivity index (χ0v) is 12.4. The Morgan fingerprint density at radius 1 is 1.29 bits per heavy atom. The molecule has 11 nitrogen and oxygen atoms in total. The minimum absolute atomic E-state index is 0.000210. The second kappa shape index (κ2) is 5.46. The van der Waals surface area contributed by atoms with Crippen molar-refractivity contribution in [3.8, 4) is 0 Å². The van der Waals surface area contributed by atoms with Crippen LogP contribution in [0.4, 0.5) is 11.4 Å². The Labute approximate surface area is 133 Å². The summed E-state index contributed by atoms with van der Waals surface area (Å²) < 4.78 is 2.09. The summed E-state index contributed by atoms with van der Waals surface area (Å²) in [6, 6.07) is 4.46. The molecule has 0 bridgehead atoms. The summed E-state index contributed by atoms with van der Waals surface area (Å²) in [5.41, 5.74) is 10.7.